The molecular formula is C25H20N6O2. The molecule has 0 aliphatic carbocycles. The Bertz CT molecular complexity index is 1460. The molecule has 0 spiro atoms. The molecule has 162 valence electrons. The lowest BCUT2D eigenvalue weighted by Crippen LogP contribution is -2.14. The zero-order chi connectivity index (χ0) is 22.8. The van der Waals surface area contributed by atoms with Crippen molar-refractivity contribution in [2.75, 3.05) is 5.32 Å². The molecule has 0 aliphatic rings. The van der Waals surface area contributed by atoms with E-state index in [0.29, 0.717) is 22.8 Å². The molecule has 0 bridgehead atoms. The molecule has 0 aliphatic heterocycles. The van der Waals surface area contributed by atoms with Crippen molar-refractivity contribution in [2.45, 2.75) is 6.92 Å². The van der Waals surface area contributed by atoms with Crippen LogP contribution >= 0.6 is 0 Å². The van der Waals surface area contributed by atoms with Gasteiger partial charge in [0.25, 0.3) is 5.91 Å². The quantitative estimate of drug-likeness (QED) is 0.426. The van der Waals surface area contributed by atoms with Gasteiger partial charge in [-0.2, -0.15) is 4.98 Å². The van der Waals surface area contributed by atoms with Gasteiger partial charge < -0.3 is 14.6 Å². The van der Waals surface area contributed by atoms with Crippen molar-refractivity contribution in [3.8, 4) is 23.0 Å². The third kappa shape index (κ3) is 4.27. The standard InChI is InChI=1S/C25H20N6O2/c1-16-5-7-19(28-24(32)21-8-6-17-10-13-31(2)23(17)29-21)14-22(16)33-25-27-12-9-20(30-25)18-4-3-11-26-15-18/h3-15H,1-2H3,(H,28,32). The zero-order valence-corrected chi connectivity index (χ0v) is 18.1. The summed E-state index contributed by atoms with van der Waals surface area (Å²) in [6.45, 7) is 1.91. The third-order valence-corrected chi connectivity index (χ3v) is 5.19. The highest BCUT2D eigenvalue weighted by Gasteiger charge is 2.12. The number of aromatic nitrogens is 5. The molecule has 4 heterocycles. The Morgan fingerprint density at radius 2 is 1.94 bits per heavy atom. The van der Waals surface area contributed by atoms with Crippen LogP contribution in [0.5, 0.6) is 11.8 Å². The van der Waals surface area contributed by atoms with Crippen LogP contribution in [0.1, 0.15) is 16.1 Å². The van der Waals surface area contributed by atoms with E-state index in [1.807, 2.05) is 61.1 Å². The van der Waals surface area contributed by atoms with E-state index in [-0.39, 0.29) is 11.9 Å². The summed E-state index contributed by atoms with van der Waals surface area (Å²) in [5.41, 5.74) is 4.12. The molecule has 0 unspecified atom stereocenters. The Labute approximate surface area is 190 Å². The van der Waals surface area contributed by atoms with Gasteiger partial charge in [-0.05, 0) is 55.0 Å². The molecule has 0 saturated heterocycles. The number of fused-ring (bicyclic) bond motifs is 1. The van der Waals surface area contributed by atoms with E-state index in [9.17, 15) is 4.79 Å². The molecule has 33 heavy (non-hydrogen) atoms. The Hall–Kier alpha value is -4.59. The number of anilines is 1. The summed E-state index contributed by atoms with van der Waals surface area (Å²) in [5, 5.41) is 3.87. The van der Waals surface area contributed by atoms with Crippen molar-refractivity contribution in [3.05, 3.63) is 90.6 Å². The number of rotatable bonds is 5. The van der Waals surface area contributed by atoms with Crippen molar-refractivity contribution in [2.24, 2.45) is 7.05 Å². The van der Waals surface area contributed by atoms with Crippen LogP contribution in [0.4, 0.5) is 5.69 Å². The van der Waals surface area contributed by atoms with Gasteiger partial charge >= 0.3 is 6.01 Å². The minimum Gasteiger partial charge on any atom is -0.424 e. The summed E-state index contributed by atoms with van der Waals surface area (Å²) in [6, 6.07) is 16.7. The van der Waals surface area contributed by atoms with Crippen molar-refractivity contribution in [3.63, 3.8) is 0 Å². The van der Waals surface area contributed by atoms with Gasteiger partial charge in [0.05, 0.1) is 5.69 Å². The first-order valence-corrected chi connectivity index (χ1v) is 10.3. The second-order valence-corrected chi connectivity index (χ2v) is 7.54. The number of nitrogens with one attached hydrogen (secondary N) is 1. The molecule has 5 rings (SSSR count). The van der Waals surface area contributed by atoms with Crippen LogP contribution in [0.2, 0.25) is 0 Å². The highest BCUT2D eigenvalue weighted by molar-refractivity contribution is 6.04. The summed E-state index contributed by atoms with van der Waals surface area (Å²) in [4.78, 5) is 30.1. The van der Waals surface area contributed by atoms with Gasteiger partial charge in [-0.15, -0.1) is 0 Å². The molecule has 0 saturated carbocycles. The molecule has 1 N–H and O–H groups in total. The molecule has 4 aromatic heterocycles. The lowest BCUT2D eigenvalue weighted by Gasteiger charge is -2.11. The van der Waals surface area contributed by atoms with Gasteiger partial charge in [0.1, 0.15) is 17.1 Å². The van der Waals surface area contributed by atoms with E-state index in [1.54, 1.807) is 36.8 Å². The van der Waals surface area contributed by atoms with E-state index >= 15 is 0 Å². The van der Waals surface area contributed by atoms with Crippen LogP contribution < -0.4 is 10.1 Å². The molecule has 8 nitrogen and oxygen atoms in total. The van der Waals surface area contributed by atoms with Crippen LogP contribution in [0.15, 0.2) is 79.4 Å². The van der Waals surface area contributed by atoms with Crippen LogP contribution in [-0.2, 0) is 7.05 Å². The molecule has 8 heteroatoms. The molecule has 5 aromatic rings. The zero-order valence-electron chi connectivity index (χ0n) is 18.1. The molecule has 1 aromatic carbocycles. The van der Waals surface area contributed by atoms with Crippen LogP contribution in [0.25, 0.3) is 22.3 Å². The largest absolute Gasteiger partial charge is 0.424 e. The Balaban J connectivity index is 1.37. The molecular weight excluding hydrogens is 416 g/mol. The summed E-state index contributed by atoms with van der Waals surface area (Å²) >= 11 is 0. The fraction of sp³-hybridized carbons (Fsp3) is 0.0800. The van der Waals surface area contributed by atoms with Gasteiger partial charge in [0.15, 0.2) is 0 Å². The van der Waals surface area contributed by atoms with Gasteiger partial charge in [-0.3, -0.25) is 9.78 Å². The fourth-order valence-corrected chi connectivity index (χ4v) is 3.41. The first kappa shape index (κ1) is 20.3. The van der Waals surface area contributed by atoms with Crippen molar-refractivity contribution in [1.82, 2.24) is 24.5 Å². The summed E-state index contributed by atoms with van der Waals surface area (Å²) in [7, 11) is 1.89. The second-order valence-electron chi connectivity index (χ2n) is 7.54. The average Bonchev–Trinajstić information content (AvgIpc) is 3.22. The number of carbonyl (C=O) groups is 1. The number of nitrogens with zero attached hydrogens (tertiary/aromatic N) is 5. The number of amides is 1. The van der Waals surface area contributed by atoms with Crippen molar-refractivity contribution in [1.29, 1.82) is 0 Å². The average molecular weight is 436 g/mol. The molecule has 1 amide bonds. The third-order valence-electron chi connectivity index (χ3n) is 5.19. The number of aryl methyl sites for hydroxylation is 2. The number of hydrogen-bond donors (Lipinski definition) is 1. The Morgan fingerprint density at radius 1 is 1.03 bits per heavy atom. The number of benzene rings is 1. The molecule has 0 fully saturated rings. The smallest absolute Gasteiger partial charge is 0.322 e. The summed E-state index contributed by atoms with van der Waals surface area (Å²) in [6.07, 6.45) is 6.98. The number of carbonyl (C=O) groups excluding carboxylic acids is 1. The predicted molar refractivity (Wildman–Crippen MR) is 125 cm³/mol. The minimum absolute atomic E-state index is 0.207. The fourth-order valence-electron chi connectivity index (χ4n) is 3.41. The van der Waals surface area contributed by atoms with E-state index in [4.69, 9.17) is 4.74 Å². The van der Waals surface area contributed by atoms with E-state index in [1.165, 1.54) is 0 Å². The van der Waals surface area contributed by atoms with Crippen LogP contribution in [0, 0.1) is 6.92 Å². The highest BCUT2D eigenvalue weighted by Crippen LogP contribution is 2.27. The minimum atomic E-state index is -0.303. The van der Waals surface area contributed by atoms with E-state index in [0.717, 1.165) is 22.2 Å². The topological polar surface area (TPSA) is 94.8 Å². The first-order valence-electron chi connectivity index (χ1n) is 10.3. The first-order chi connectivity index (χ1) is 16.1. The van der Waals surface area contributed by atoms with Gasteiger partial charge in [0, 0.05) is 54.5 Å². The van der Waals surface area contributed by atoms with Crippen molar-refractivity contribution < 1.29 is 9.53 Å². The lowest BCUT2D eigenvalue weighted by atomic mass is 10.2. The SMILES string of the molecule is Cc1ccc(NC(=O)c2ccc3ccn(C)c3n2)cc1Oc1nccc(-c2cccnc2)n1. The summed E-state index contributed by atoms with van der Waals surface area (Å²) in [5.74, 6) is 0.240. The van der Waals surface area contributed by atoms with E-state index < -0.39 is 0 Å². The molecule has 0 atom stereocenters. The maximum Gasteiger partial charge on any atom is 0.322 e. The lowest BCUT2D eigenvalue weighted by molar-refractivity contribution is 0.102. The monoisotopic (exact) mass is 436 g/mol. The van der Waals surface area contributed by atoms with Gasteiger partial charge in [0.2, 0.25) is 0 Å². The molecule has 0 radical (unpaired) electrons. The van der Waals surface area contributed by atoms with Gasteiger partial charge in [-0.1, -0.05) is 6.07 Å². The second kappa shape index (κ2) is 8.51. The predicted octanol–water partition coefficient (Wildman–Crippen LogP) is 4.78. The highest BCUT2D eigenvalue weighted by atomic mass is 16.5. The van der Waals surface area contributed by atoms with Crippen molar-refractivity contribution >= 4 is 22.6 Å². The maximum absolute atomic E-state index is 12.8. The Morgan fingerprint density at radius 3 is 2.79 bits per heavy atom. The van der Waals surface area contributed by atoms with Crippen LogP contribution in [-0.4, -0.2) is 30.4 Å². The Kier molecular flexibility index (Phi) is 5.24. The van der Waals surface area contributed by atoms with Gasteiger partial charge in [-0.25, -0.2) is 9.97 Å². The normalized spacial score (nSPS) is 10.8. The number of ether oxygens (including phenoxy) is 1. The number of pyridine rings is 2. The maximum atomic E-state index is 12.8. The van der Waals surface area contributed by atoms with E-state index in [2.05, 4.69) is 25.3 Å². The van der Waals surface area contributed by atoms with Crippen LogP contribution in [0.3, 0.4) is 0 Å². The summed E-state index contributed by atoms with van der Waals surface area (Å²) < 4.78 is 7.83. The number of hydrogen-bond acceptors (Lipinski definition) is 6.